The summed E-state index contributed by atoms with van der Waals surface area (Å²) < 4.78 is 0. The van der Waals surface area contributed by atoms with Gasteiger partial charge < -0.3 is 4.89 Å². The highest BCUT2D eigenvalue weighted by Gasteiger charge is 2.11. The molecule has 0 saturated carbocycles. The Hall–Kier alpha value is -1.35. The van der Waals surface area contributed by atoms with Crippen LogP contribution >= 0.6 is 0 Å². The molecule has 0 aliphatic heterocycles. The van der Waals surface area contributed by atoms with Crippen LogP contribution in [0, 0.1) is 5.92 Å². The van der Waals surface area contributed by atoms with Crippen molar-refractivity contribution in [1.82, 2.24) is 0 Å². The van der Waals surface area contributed by atoms with Crippen LogP contribution < -0.4 is 4.89 Å². The lowest BCUT2D eigenvalue weighted by atomic mass is 9.98. The maximum Gasteiger partial charge on any atom is 0.165 e. The Kier molecular flexibility index (Phi) is 7.11. The van der Waals surface area contributed by atoms with Gasteiger partial charge in [-0.05, 0) is 31.4 Å². The first-order chi connectivity index (χ1) is 8.74. The number of para-hydroxylation sites is 1. The van der Waals surface area contributed by atoms with Gasteiger partial charge in [-0.1, -0.05) is 32.0 Å². The summed E-state index contributed by atoms with van der Waals surface area (Å²) in [5.74, 6) is 1.18. The quantitative estimate of drug-likeness (QED) is 0.380. The molecule has 0 spiro atoms. The molecule has 0 aliphatic carbocycles. The fourth-order valence-electron chi connectivity index (χ4n) is 1.69. The Balaban J connectivity index is 2.07. The molecular weight excluding hydrogens is 228 g/mol. The van der Waals surface area contributed by atoms with Crippen LogP contribution in [0.4, 0.5) is 0 Å². The zero-order chi connectivity index (χ0) is 13.2. The second-order valence-corrected chi connectivity index (χ2v) is 4.48. The van der Waals surface area contributed by atoms with Crippen molar-refractivity contribution in [1.29, 1.82) is 0 Å². The molecule has 0 saturated heterocycles. The average Bonchev–Trinajstić information content (AvgIpc) is 2.39. The minimum absolute atomic E-state index is 0.130. The number of Topliss-reactive ketones (excluding diaryl/α,β-unsaturated/α-hetero) is 1. The van der Waals surface area contributed by atoms with E-state index in [1.807, 2.05) is 44.2 Å². The highest BCUT2D eigenvalue weighted by molar-refractivity contribution is 5.80. The number of hydrogen-bond donors (Lipinski definition) is 0. The van der Waals surface area contributed by atoms with E-state index in [0.717, 1.165) is 19.3 Å². The summed E-state index contributed by atoms with van der Waals surface area (Å²) in [6.07, 6.45) is 3.31. The summed E-state index contributed by atoms with van der Waals surface area (Å²) in [6, 6.07) is 9.39. The van der Waals surface area contributed by atoms with E-state index in [0.29, 0.717) is 24.6 Å². The van der Waals surface area contributed by atoms with E-state index in [1.165, 1.54) is 0 Å². The van der Waals surface area contributed by atoms with Crippen molar-refractivity contribution in [2.24, 2.45) is 5.92 Å². The lowest BCUT2D eigenvalue weighted by Crippen LogP contribution is -2.11. The van der Waals surface area contributed by atoms with E-state index in [2.05, 4.69) is 0 Å². The molecule has 0 bridgehead atoms. The van der Waals surface area contributed by atoms with Crippen molar-refractivity contribution in [2.45, 2.75) is 39.5 Å². The van der Waals surface area contributed by atoms with Crippen LogP contribution in [-0.4, -0.2) is 12.4 Å². The first-order valence-electron chi connectivity index (χ1n) is 6.61. The second kappa shape index (κ2) is 8.70. The van der Waals surface area contributed by atoms with Crippen molar-refractivity contribution < 1.29 is 14.6 Å². The van der Waals surface area contributed by atoms with Crippen LogP contribution in [0.2, 0.25) is 0 Å². The maximum absolute atomic E-state index is 11.6. The SMILES string of the molecule is CCCC(=O)C(C)CCCOOc1ccccc1. The zero-order valence-electron chi connectivity index (χ0n) is 11.2. The van der Waals surface area contributed by atoms with Crippen molar-refractivity contribution in [2.75, 3.05) is 6.61 Å². The molecule has 1 atom stereocenters. The monoisotopic (exact) mass is 250 g/mol. The van der Waals surface area contributed by atoms with Crippen LogP contribution in [0.3, 0.4) is 0 Å². The molecule has 1 rings (SSSR count). The third-order valence-electron chi connectivity index (χ3n) is 2.81. The van der Waals surface area contributed by atoms with Crippen LogP contribution in [0.25, 0.3) is 0 Å². The van der Waals surface area contributed by atoms with Gasteiger partial charge in [0.25, 0.3) is 0 Å². The Morgan fingerprint density at radius 3 is 2.67 bits per heavy atom. The lowest BCUT2D eigenvalue weighted by Gasteiger charge is -2.09. The van der Waals surface area contributed by atoms with Crippen LogP contribution in [-0.2, 0) is 9.68 Å². The van der Waals surface area contributed by atoms with E-state index in [1.54, 1.807) is 0 Å². The van der Waals surface area contributed by atoms with Gasteiger partial charge in [-0.25, -0.2) is 0 Å². The smallest absolute Gasteiger partial charge is 0.165 e. The maximum atomic E-state index is 11.6. The summed E-state index contributed by atoms with van der Waals surface area (Å²) in [7, 11) is 0. The van der Waals surface area contributed by atoms with Gasteiger partial charge in [0.15, 0.2) is 5.75 Å². The molecule has 0 amide bonds. The number of carbonyl (C=O) groups excluding carboxylic acids is 1. The molecule has 100 valence electrons. The summed E-state index contributed by atoms with van der Waals surface area (Å²) in [6.45, 7) is 4.52. The molecule has 1 unspecified atom stereocenters. The lowest BCUT2D eigenvalue weighted by molar-refractivity contribution is -0.207. The largest absolute Gasteiger partial charge is 0.338 e. The van der Waals surface area contributed by atoms with Gasteiger partial charge in [0.05, 0.1) is 6.61 Å². The summed E-state index contributed by atoms with van der Waals surface area (Å²) in [5, 5.41) is 0. The Morgan fingerprint density at radius 1 is 1.28 bits per heavy atom. The molecule has 0 aromatic heterocycles. The Morgan fingerprint density at radius 2 is 2.00 bits per heavy atom. The van der Waals surface area contributed by atoms with Crippen LogP contribution in [0.1, 0.15) is 39.5 Å². The minimum Gasteiger partial charge on any atom is -0.338 e. The van der Waals surface area contributed by atoms with Gasteiger partial charge in [-0.2, -0.15) is 4.89 Å². The highest BCUT2D eigenvalue weighted by atomic mass is 17.2. The summed E-state index contributed by atoms with van der Waals surface area (Å²) >= 11 is 0. The number of ketones is 1. The summed E-state index contributed by atoms with van der Waals surface area (Å²) in [5.41, 5.74) is 0. The first-order valence-corrected chi connectivity index (χ1v) is 6.61. The number of rotatable bonds is 9. The molecule has 1 aromatic carbocycles. The average molecular weight is 250 g/mol. The number of hydrogen-bond acceptors (Lipinski definition) is 3. The van der Waals surface area contributed by atoms with Gasteiger partial charge in [0, 0.05) is 12.3 Å². The van der Waals surface area contributed by atoms with Gasteiger partial charge in [0.2, 0.25) is 0 Å². The molecule has 0 heterocycles. The van der Waals surface area contributed by atoms with Crippen LogP contribution in [0.15, 0.2) is 30.3 Å². The number of benzene rings is 1. The van der Waals surface area contributed by atoms with E-state index in [4.69, 9.17) is 9.78 Å². The standard InChI is InChI=1S/C15H22O3/c1-3-8-15(16)13(2)9-7-12-17-18-14-10-5-4-6-11-14/h4-6,10-11,13H,3,7-9,12H2,1-2H3. The van der Waals surface area contributed by atoms with Crippen LogP contribution in [0.5, 0.6) is 5.75 Å². The highest BCUT2D eigenvalue weighted by Crippen LogP contribution is 2.12. The van der Waals surface area contributed by atoms with Crippen molar-refractivity contribution >= 4 is 5.78 Å². The predicted octanol–water partition coefficient (Wildman–Crippen LogP) is 3.78. The predicted molar refractivity (Wildman–Crippen MR) is 71.3 cm³/mol. The van der Waals surface area contributed by atoms with Gasteiger partial charge >= 0.3 is 0 Å². The molecule has 0 fully saturated rings. The second-order valence-electron chi connectivity index (χ2n) is 4.48. The third-order valence-corrected chi connectivity index (χ3v) is 2.81. The molecule has 3 nitrogen and oxygen atoms in total. The van der Waals surface area contributed by atoms with E-state index >= 15 is 0 Å². The van der Waals surface area contributed by atoms with E-state index < -0.39 is 0 Å². The van der Waals surface area contributed by atoms with E-state index in [9.17, 15) is 4.79 Å². The molecule has 0 N–H and O–H groups in total. The Labute approximate surface area is 109 Å². The normalized spacial score (nSPS) is 12.1. The minimum atomic E-state index is 0.130. The molecule has 0 radical (unpaired) electrons. The molecule has 1 aromatic rings. The molecular formula is C15H22O3. The summed E-state index contributed by atoms with van der Waals surface area (Å²) in [4.78, 5) is 21.8. The van der Waals surface area contributed by atoms with E-state index in [-0.39, 0.29) is 5.92 Å². The van der Waals surface area contributed by atoms with Crippen molar-refractivity contribution in [3.8, 4) is 5.75 Å². The molecule has 0 aliphatic rings. The fraction of sp³-hybridized carbons (Fsp3) is 0.533. The first kappa shape index (κ1) is 14.7. The topological polar surface area (TPSA) is 35.5 Å². The zero-order valence-corrected chi connectivity index (χ0v) is 11.2. The Bertz CT molecular complexity index is 335. The van der Waals surface area contributed by atoms with Crippen molar-refractivity contribution in [3.05, 3.63) is 30.3 Å². The van der Waals surface area contributed by atoms with Crippen molar-refractivity contribution in [3.63, 3.8) is 0 Å². The van der Waals surface area contributed by atoms with Gasteiger partial charge in [-0.3, -0.25) is 4.79 Å². The van der Waals surface area contributed by atoms with Gasteiger partial charge in [0.1, 0.15) is 5.78 Å². The molecule has 3 heteroatoms. The van der Waals surface area contributed by atoms with Gasteiger partial charge in [-0.15, -0.1) is 0 Å². The third kappa shape index (κ3) is 5.82. The fourth-order valence-corrected chi connectivity index (χ4v) is 1.69. The number of carbonyl (C=O) groups is 1. The molecule has 18 heavy (non-hydrogen) atoms.